The van der Waals surface area contributed by atoms with Gasteiger partial charge in [0.25, 0.3) is 5.91 Å². The SMILES string of the molecule is O=C(CCCNC(=O)c1cccs1)NCc1nnc2n1CCCCC2. The molecule has 0 radical (unpaired) electrons. The molecule has 0 saturated carbocycles. The van der Waals surface area contributed by atoms with Crippen LogP contribution in [0.15, 0.2) is 17.5 Å². The number of nitrogens with one attached hydrogen (secondary N) is 2. The van der Waals surface area contributed by atoms with E-state index in [1.807, 2.05) is 11.4 Å². The zero-order valence-electron chi connectivity index (χ0n) is 14.2. The molecule has 7 nitrogen and oxygen atoms in total. The highest BCUT2D eigenvalue weighted by molar-refractivity contribution is 7.12. The number of hydrogen-bond acceptors (Lipinski definition) is 5. The van der Waals surface area contributed by atoms with E-state index in [0.29, 0.717) is 30.8 Å². The molecule has 1 aliphatic rings. The summed E-state index contributed by atoms with van der Waals surface area (Å²) in [6, 6.07) is 3.63. The molecule has 25 heavy (non-hydrogen) atoms. The van der Waals surface area contributed by atoms with Crippen LogP contribution >= 0.6 is 11.3 Å². The van der Waals surface area contributed by atoms with E-state index >= 15 is 0 Å². The number of fused-ring (bicyclic) bond motifs is 1. The van der Waals surface area contributed by atoms with Gasteiger partial charge in [0.05, 0.1) is 11.4 Å². The Morgan fingerprint density at radius 2 is 2.12 bits per heavy atom. The van der Waals surface area contributed by atoms with Crippen molar-refractivity contribution in [3.63, 3.8) is 0 Å². The van der Waals surface area contributed by atoms with Crippen LogP contribution in [0.2, 0.25) is 0 Å². The number of hydrogen-bond donors (Lipinski definition) is 2. The van der Waals surface area contributed by atoms with E-state index in [0.717, 1.165) is 37.5 Å². The van der Waals surface area contributed by atoms with E-state index in [-0.39, 0.29) is 11.8 Å². The van der Waals surface area contributed by atoms with Gasteiger partial charge in [-0.2, -0.15) is 0 Å². The molecule has 2 aromatic heterocycles. The standard InChI is InChI=1S/C17H23N5O2S/c23-16(8-4-9-18-17(24)13-6-5-11-25-13)19-12-15-21-20-14-7-2-1-3-10-22(14)15/h5-6,11H,1-4,7-10,12H2,(H,18,24)(H,19,23). The fourth-order valence-corrected chi connectivity index (χ4v) is 3.53. The summed E-state index contributed by atoms with van der Waals surface area (Å²) >= 11 is 1.41. The second kappa shape index (κ2) is 8.75. The predicted octanol–water partition coefficient (Wildman–Crippen LogP) is 1.89. The quantitative estimate of drug-likeness (QED) is 0.737. The number of amides is 2. The molecule has 134 valence electrons. The summed E-state index contributed by atoms with van der Waals surface area (Å²) < 4.78 is 2.13. The molecular formula is C17H23N5O2S. The van der Waals surface area contributed by atoms with Gasteiger partial charge in [-0.05, 0) is 30.7 Å². The van der Waals surface area contributed by atoms with E-state index in [9.17, 15) is 9.59 Å². The molecule has 8 heteroatoms. The molecule has 0 aliphatic carbocycles. The first-order valence-electron chi connectivity index (χ1n) is 8.73. The molecule has 2 N–H and O–H groups in total. The smallest absolute Gasteiger partial charge is 0.261 e. The first-order valence-corrected chi connectivity index (χ1v) is 9.61. The van der Waals surface area contributed by atoms with Crippen molar-refractivity contribution in [2.24, 2.45) is 0 Å². The van der Waals surface area contributed by atoms with Gasteiger partial charge in [0.1, 0.15) is 5.82 Å². The van der Waals surface area contributed by atoms with Crippen LogP contribution in [0.25, 0.3) is 0 Å². The molecular weight excluding hydrogens is 338 g/mol. The number of aromatic nitrogens is 3. The molecule has 0 saturated heterocycles. The third kappa shape index (κ3) is 4.88. The van der Waals surface area contributed by atoms with Gasteiger partial charge in [-0.1, -0.05) is 12.5 Å². The predicted molar refractivity (Wildman–Crippen MR) is 95.3 cm³/mol. The van der Waals surface area contributed by atoms with Crippen LogP contribution in [0.3, 0.4) is 0 Å². The molecule has 2 aromatic rings. The van der Waals surface area contributed by atoms with Gasteiger partial charge in [0.15, 0.2) is 5.82 Å². The van der Waals surface area contributed by atoms with E-state index in [2.05, 4.69) is 25.4 Å². The number of nitrogens with zero attached hydrogens (tertiary/aromatic N) is 3. The van der Waals surface area contributed by atoms with Crippen LogP contribution in [-0.4, -0.2) is 33.1 Å². The van der Waals surface area contributed by atoms with Crippen molar-refractivity contribution in [1.29, 1.82) is 0 Å². The highest BCUT2D eigenvalue weighted by Crippen LogP contribution is 2.14. The Morgan fingerprint density at radius 1 is 1.20 bits per heavy atom. The number of carbonyl (C=O) groups excluding carboxylic acids is 2. The molecule has 3 heterocycles. The summed E-state index contributed by atoms with van der Waals surface area (Å²) in [7, 11) is 0. The Hall–Kier alpha value is -2.22. The molecule has 0 bridgehead atoms. The van der Waals surface area contributed by atoms with Gasteiger partial charge in [-0.25, -0.2) is 0 Å². The summed E-state index contributed by atoms with van der Waals surface area (Å²) in [5.41, 5.74) is 0. The number of aryl methyl sites for hydroxylation is 1. The van der Waals surface area contributed by atoms with Crippen LogP contribution in [0.4, 0.5) is 0 Å². The minimum Gasteiger partial charge on any atom is -0.351 e. The summed E-state index contributed by atoms with van der Waals surface area (Å²) in [5, 5.41) is 16.0. The zero-order valence-corrected chi connectivity index (χ0v) is 15.0. The number of rotatable bonds is 7. The first kappa shape index (κ1) is 17.6. The maximum absolute atomic E-state index is 12.0. The first-order chi connectivity index (χ1) is 12.2. The van der Waals surface area contributed by atoms with E-state index in [1.165, 1.54) is 17.8 Å². The minimum absolute atomic E-state index is 0.0312. The second-order valence-corrected chi connectivity index (χ2v) is 7.06. The summed E-state index contributed by atoms with van der Waals surface area (Å²) in [5.74, 6) is 1.74. The van der Waals surface area contributed by atoms with E-state index in [4.69, 9.17) is 0 Å². The fourth-order valence-electron chi connectivity index (χ4n) is 2.89. The highest BCUT2D eigenvalue weighted by atomic mass is 32.1. The molecule has 1 aliphatic heterocycles. The monoisotopic (exact) mass is 361 g/mol. The minimum atomic E-state index is -0.0819. The van der Waals surface area contributed by atoms with Crippen molar-refractivity contribution in [1.82, 2.24) is 25.4 Å². The maximum Gasteiger partial charge on any atom is 0.261 e. The van der Waals surface area contributed by atoms with Gasteiger partial charge in [0.2, 0.25) is 5.91 Å². The van der Waals surface area contributed by atoms with Crippen LogP contribution in [0.5, 0.6) is 0 Å². The van der Waals surface area contributed by atoms with Crippen molar-refractivity contribution < 1.29 is 9.59 Å². The second-order valence-electron chi connectivity index (χ2n) is 6.11. The van der Waals surface area contributed by atoms with Crippen molar-refractivity contribution in [3.05, 3.63) is 34.0 Å². The van der Waals surface area contributed by atoms with Crippen molar-refractivity contribution in [3.8, 4) is 0 Å². The average molecular weight is 361 g/mol. The molecule has 0 fully saturated rings. The Morgan fingerprint density at radius 3 is 2.96 bits per heavy atom. The van der Waals surface area contributed by atoms with Crippen molar-refractivity contribution in [2.75, 3.05) is 6.54 Å². The topological polar surface area (TPSA) is 88.9 Å². The Labute approximate surface area is 150 Å². The van der Waals surface area contributed by atoms with E-state index < -0.39 is 0 Å². The van der Waals surface area contributed by atoms with Gasteiger partial charge < -0.3 is 15.2 Å². The average Bonchev–Trinajstić information content (AvgIpc) is 3.22. The van der Waals surface area contributed by atoms with Gasteiger partial charge in [0, 0.05) is 25.9 Å². The third-order valence-electron chi connectivity index (χ3n) is 4.24. The van der Waals surface area contributed by atoms with Gasteiger partial charge in [-0.15, -0.1) is 21.5 Å². The summed E-state index contributed by atoms with van der Waals surface area (Å²) in [4.78, 5) is 24.4. The fraction of sp³-hybridized carbons (Fsp3) is 0.529. The lowest BCUT2D eigenvalue weighted by molar-refractivity contribution is -0.121. The normalized spacial score (nSPS) is 13.8. The number of carbonyl (C=O) groups is 2. The largest absolute Gasteiger partial charge is 0.351 e. The Bertz CT molecular complexity index is 711. The molecule has 0 unspecified atom stereocenters. The molecule has 3 rings (SSSR count). The van der Waals surface area contributed by atoms with Gasteiger partial charge >= 0.3 is 0 Å². The lowest BCUT2D eigenvalue weighted by Crippen LogP contribution is -2.27. The Kier molecular flexibility index (Phi) is 6.16. The van der Waals surface area contributed by atoms with Crippen LogP contribution in [0.1, 0.15) is 53.4 Å². The highest BCUT2D eigenvalue weighted by Gasteiger charge is 2.15. The molecule has 0 spiro atoms. The molecule has 0 atom stereocenters. The van der Waals surface area contributed by atoms with E-state index in [1.54, 1.807) is 6.07 Å². The Balaban J connectivity index is 1.36. The van der Waals surface area contributed by atoms with Crippen molar-refractivity contribution >= 4 is 23.2 Å². The van der Waals surface area contributed by atoms with Gasteiger partial charge in [-0.3, -0.25) is 9.59 Å². The maximum atomic E-state index is 12.0. The molecule has 0 aromatic carbocycles. The molecule has 2 amide bonds. The summed E-state index contributed by atoms with van der Waals surface area (Å²) in [6.07, 6.45) is 5.46. The van der Waals surface area contributed by atoms with Crippen molar-refractivity contribution in [2.45, 2.75) is 51.6 Å². The van der Waals surface area contributed by atoms with Crippen LogP contribution in [0, 0.1) is 0 Å². The van der Waals surface area contributed by atoms with Crippen LogP contribution < -0.4 is 10.6 Å². The van der Waals surface area contributed by atoms with Crippen LogP contribution in [-0.2, 0) is 24.3 Å². The lowest BCUT2D eigenvalue weighted by atomic mass is 10.2. The summed E-state index contributed by atoms with van der Waals surface area (Å²) in [6.45, 7) is 1.83. The number of thiophene rings is 1. The zero-order chi connectivity index (χ0) is 17.5. The third-order valence-corrected chi connectivity index (χ3v) is 5.11. The lowest BCUT2D eigenvalue weighted by Gasteiger charge is -2.08.